The summed E-state index contributed by atoms with van der Waals surface area (Å²) in [4.78, 5) is 13.4. The number of hydrogen-bond donors (Lipinski definition) is 0. The third kappa shape index (κ3) is 6.06. The molecule has 5 heteroatoms. The van der Waals surface area contributed by atoms with Gasteiger partial charge in [0.2, 0.25) is 5.95 Å². The number of hydrogen-bond acceptors (Lipinski definition) is 3. The standard InChI is InChI=1S/C57H37N5/c1-4-17-38(18-5-1)41-23-14-25-43(33-41)44-26-16-28-46(35-44)61-51-31-12-10-29-47(51)49-36-50-48-30-11-13-32-52(48)62(54(50)37-53(49)61)57-59-55(40-21-8-3-9-22-40)58-56(60-57)45-27-15-24-42(34-45)39-19-6-2-7-20-39/h1-37H/i1D,2D,3D,4D,5D,6D,7D,8D,9D,10D,11D,12D,13D,14D,15D,16D,17D,18D,19D,20D,21D,22D,23D,25D,26D,27D,28D,29D,30D,31D,32D,33D,34D,35D,36D,37D. The van der Waals surface area contributed by atoms with E-state index in [4.69, 9.17) is 30.2 Å². The number of aromatic nitrogens is 5. The second-order valence-corrected chi connectivity index (χ2v) is 12.9. The Bertz CT molecular complexity index is 5690. The van der Waals surface area contributed by atoms with Crippen LogP contribution in [0.4, 0.5) is 0 Å². The van der Waals surface area contributed by atoms with Crippen LogP contribution in [-0.2, 0) is 0 Å². The first-order valence-electron chi connectivity index (χ1n) is 36.0. The molecule has 0 bridgehead atoms. The zero-order valence-electron chi connectivity index (χ0n) is 66.8. The number of para-hydroxylation sites is 2. The zero-order valence-corrected chi connectivity index (χ0v) is 30.8. The van der Waals surface area contributed by atoms with Crippen molar-refractivity contribution in [3.8, 4) is 67.8 Å². The van der Waals surface area contributed by atoms with Crippen LogP contribution in [0, 0.1) is 0 Å². The van der Waals surface area contributed by atoms with Crippen molar-refractivity contribution < 1.29 is 49.3 Å². The van der Waals surface area contributed by atoms with Crippen molar-refractivity contribution in [2.45, 2.75) is 0 Å². The summed E-state index contributed by atoms with van der Waals surface area (Å²) in [5.41, 5.74) is -11.0. The highest BCUT2D eigenvalue weighted by atomic mass is 15.2. The van der Waals surface area contributed by atoms with E-state index in [-0.39, 0.29) is 0 Å². The SMILES string of the molecule is [2H]c1cc(-c2c([2H])c([2H])c([2H])c([2H])c2[2H])c([2H])c(-c2nc(-c3c([2H])c([2H])c([2H])c([2H])c3[2H])nc(-n3c4c([2H])c([2H])c([2H])c([2H])c4c4c([2H])c5c6c([2H])c([2H])c([2H])c([2H])c6n(-c6c([2H])c([2H])c([2H])c(-c7c([2H])c([2H])c([2H])c(-c8c([2H])c([2H])c([2H])c([2H])c8[2H])c7[2H])c6[2H])c5c([2H])c43)n2)c1[2H]. The third-order valence-electron chi connectivity index (χ3n) is 9.36. The quantitative estimate of drug-likeness (QED) is 0.161. The molecule has 0 saturated heterocycles. The molecule has 0 aliphatic carbocycles. The third-order valence-corrected chi connectivity index (χ3v) is 9.36. The molecule has 0 saturated carbocycles. The normalized spacial score (nSPS) is 19.7. The molecule has 290 valence electrons. The molecule has 9 aromatic carbocycles. The van der Waals surface area contributed by atoms with Gasteiger partial charge in [-0.3, -0.25) is 4.57 Å². The molecule has 0 aliphatic rings. The van der Waals surface area contributed by atoms with Crippen LogP contribution in [0.2, 0.25) is 0 Å². The lowest BCUT2D eigenvalue weighted by atomic mass is 9.99. The molecule has 3 heterocycles. The first-order valence-corrected chi connectivity index (χ1v) is 18.0. The van der Waals surface area contributed by atoms with Gasteiger partial charge in [0.15, 0.2) is 11.6 Å². The van der Waals surface area contributed by atoms with Crippen LogP contribution in [-0.4, -0.2) is 24.1 Å². The predicted molar refractivity (Wildman–Crippen MR) is 256 cm³/mol. The van der Waals surface area contributed by atoms with Crippen molar-refractivity contribution in [1.82, 2.24) is 24.1 Å². The molecule has 0 atom stereocenters. The van der Waals surface area contributed by atoms with Gasteiger partial charge in [-0.15, -0.1) is 0 Å². The summed E-state index contributed by atoms with van der Waals surface area (Å²) in [6.07, 6.45) is 0. The molecular weight excluding hydrogens is 755 g/mol. The zero-order chi connectivity index (χ0) is 72.3. The molecule has 0 spiro atoms. The van der Waals surface area contributed by atoms with E-state index in [1.54, 1.807) is 0 Å². The van der Waals surface area contributed by atoms with Crippen LogP contribution in [0.25, 0.3) is 111 Å². The van der Waals surface area contributed by atoms with Crippen molar-refractivity contribution in [2.75, 3.05) is 0 Å². The Balaban J connectivity index is 1.31. The molecule has 0 radical (unpaired) electrons. The molecule has 3 aromatic heterocycles. The summed E-state index contributed by atoms with van der Waals surface area (Å²) in [5, 5.41) is -2.79. The van der Waals surface area contributed by atoms with Gasteiger partial charge in [-0.25, -0.2) is 4.98 Å². The maximum atomic E-state index is 10.5. The largest absolute Gasteiger partial charge is 0.309 e. The Morgan fingerprint density at radius 3 is 1.44 bits per heavy atom. The molecule has 5 nitrogen and oxygen atoms in total. The summed E-state index contributed by atoms with van der Waals surface area (Å²) in [7, 11) is 0. The van der Waals surface area contributed by atoms with Crippen molar-refractivity contribution in [1.29, 1.82) is 0 Å². The predicted octanol–water partition coefficient (Wildman–Crippen LogP) is 14.4. The Morgan fingerprint density at radius 1 is 0.290 bits per heavy atom. The fourth-order valence-electron chi connectivity index (χ4n) is 6.74. The van der Waals surface area contributed by atoms with E-state index in [1.165, 1.54) is 0 Å². The van der Waals surface area contributed by atoms with Gasteiger partial charge in [-0.05, 0) is 81.7 Å². The minimum absolute atomic E-state index is 0.604. The lowest BCUT2D eigenvalue weighted by Gasteiger charge is -2.13. The summed E-state index contributed by atoms with van der Waals surface area (Å²) < 4.78 is 327. The Labute approximate surface area is 409 Å². The van der Waals surface area contributed by atoms with Crippen molar-refractivity contribution in [3.63, 3.8) is 0 Å². The Kier molecular flexibility index (Phi) is 3.47. The van der Waals surface area contributed by atoms with Gasteiger partial charge in [0.05, 0.1) is 71.4 Å². The fraction of sp³-hybridized carbons (Fsp3) is 0. The fourth-order valence-corrected chi connectivity index (χ4v) is 6.74. The van der Waals surface area contributed by atoms with Crippen LogP contribution in [0.5, 0.6) is 0 Å². The highest BCUT2D eigenvalue weighted by Gasteiger charge is 2.21. The van der Waals surface area contributed by atoms with Crippen LogP contribution in [0.3, 0.4) is 0 Å². The number of rotatable bonds is 7. The molecule has 0 N–H and O–H groups in total. The van der Waals surface area contributed by atoms with Crippen LogP contribution < -0.4 is 0 Å². The van der Waals surface area contributed by atoms with E-state index in [1.807, 2.05) is 0 Å². The van der Waals surface area contributed by atoms with Crippen molar-refractivity contribution in [2.24, 2.45) is 0 Å². The number of fused-ring (bicyclic) bond motifs is 6. The first-order chi connectivity index (χ1) is 45.7. The van der Waals surface area contributed by atoms with E-state index in [2.05, 4.69) is 15.0 Å². The lowest BCUT2D eigenvalue weighted by molar-refractivity contribution is 0.953. The molecule has 12 aromatic rings. The minimum Gasteiger partial charge on any atom is -0.309 e. The maximum Gasteiger partial charge on any atom is 0.238 e. The summed E-state index contributed by atoms with van der Waals surface area (Å²) in [6.45, 7) is 0. The monoisotopic (exact) mass is 828 g/mol. The summed E-state index contributed by atoms with van der Waals surface area (Å²) >= 11 is 0. The molecule has 62 heavy (non-hydrogen) atoms. The summed E-state index contributed by atoms with van der Waals surface area (Å²) in [6, 6.07) is -35.4. The van der Waals surface area contributed by atoms with Crippen LogP contribution >= 0.6 is 0 Å². The van der Waals surface area contributed by atoms with Crippen molar-refractivity contribution in [3.05, 3.63) is 224 Å². The van der Waals surface area contributed by atoms with Gasteiger partial charge in [0, 0.05) is 38.4 Å². The van der Waals surface area contributed by atoms with Crippen molar-refractivity contribution >= 4 is 43.6 Å². The molecule has 0 fully saturated rings. The molecule has 12 rings (SSSR count). The molecule has 0 aliphatic heterocycles. The minimum atomic E-state index is -1.22. The number of benzene rings is 9. The van der Waals surface area contributed by atoms with Crippen LogP contribution in [0.15, 0.2) is 224 Å². The van der Waals surface area contributed by atoms with Crippen LogP contribution in [0.1, 0.15) is 49.3 Å². The van der Waals surface area contributed by atoms with E-state index in [0.717, 1.165) is 6.07 Å². The second-order valence-electron chi connectivity index (χ2n) is 12.9. The Hall–Kier alpha value is -8.41. The number of nitrogens with zero attached hydrogens (tertiary/aromatic N) is 5. The average Bonchev–Trinajstić information content (AvgIpc) is 1.51. The lowest BCUT2D eigenvalue weighted by Crippen LogP contribution is -2.06. The van der Waals surface area contributed by atoms with Gasteiger partial charge in [-0.1, -0.05) is 175 Å². The second kappa shape index (κ2) is 14.7. The smallest absolute Gasteiger partial charge is 0.238 e. The van der Waals surface area contributed by atoms with Gasteiger partial charge in [-0.2, -0.15) is 9.97 Å². The van der Waals surface area contributed by atoms with Gasteiger partial charge < -0.3 is 4.57 Å². The van der Waals surface area contributed by atoms with E-state index in [9.17, 15) is 19.2 Å². The van der Waals surface area contributed by atoms with E-state index in [0.29, 0.717) is 9.13 Å². The van der Waals surface area contributed by atoms with Gasteiger partial charge in [0.1, 0.15) is 0 Å². The summed E-state index contributed by atoms with van der Waals surface area (Å²) in [5.74, 6) is -2.98. The highest BCUT2D eigenvalue weighted by Crippen LogP contribution is 2.40. The van der Waals surface area contributed by atoms with E-state index >= 15 is 0 Å². The van der Waals surface area contributed by atoms with E-state index < -0.39 is 329 Å². The highest BCUT2D eigenvalue weighted by molar-refractivity contribution is 6.19. The molecule has 0 unspecified atom stereocenters. The average molecular weight is 828 g/mol. The van der Waals surface area contributed by atoms with Gasteiger partial charge in [0.25, 0.3) is 0 Å². The Morgan fingerprint density at radius 2 is 0.758 bits per heavy atom. The van der Waals surface area contributed by atoms with Gasteiger partial charge >= 0.3 is 0 Å². The molecule has 0 amide bonds. The molecular formula is C57H37N5. The maximum absolute atomic E-state index is 10.5. The first kappa shape index (κ1) is 14.6. The topological polar surface area (TPSA) is 48.5 Å².